The number of ether oxygens (including phenoxy) is 1. The molecular weight excluding hydrogens is 472 g/mol. The second kappa shape index (κ2) is 12.2. The van der Waals surface area contributed by atoms with Gasteiger partial charge in [0.1, 0.15) is 17.7 Å². The maximum atomic E-state index is 12.4. The molecule has 1 atom stereocenters. The molecule has 0 saturated heterocycles. The fourth-order valence-electron chi connectivity index (χ4n) is 4.60. The van der Waals surface area contributed by atoms with Crippen molar-refractivity contribution in [1.29, 1.82) is 0 Å². The van der Waals surface area contributed by atoms with Crippen LogP contribution in [0.4, 0.5) is 0 Å². The van der Waals surface area contributed by atoms with E-state index >= 15 is 0 Å². The third-order valence-electron chi connectivity index (χ3n) is 6.65. The van der Waals surface area contributed by atoms with Crippen molar-refractivity contribution in [3.63, 3.8) is 0 Å². The second-order valence-electron chi connectivity index (χ2n) is 11.4. The zero-order chi connectivity index (χ0) is 28.0. The number of nitrogens with two attached hydrogens (primary N) is 2. The summed E-state index contributed by atoms with van der Waals surface area (Å²) in [5.74, 6) is 6.34. The van der Waals surface area contributed by atoms with Gasteiger partial charge in [-0.2, -0.15) is 5.10 Å². The lowest BCUT2D eigenvalue weighted by molar-refractivity contribution is 0.0959. The van der Waals surface area contributed by atoms with Gasteiger partial charge in [-0.3, -0.25) is 4.79 Å². The highest BCUT2D eigenvalue weighted by molar-refractivity contribution is 5.97. The Morgan fingerprint density at radius 3 is 2.05 bits per heavy atom. The number of carbonyl (C=O) groups excluding carboxylic acids is 1. The Hall–Kier alpha value is -3.80. The standard InChI is InChI=1S/C32H42N4O2/c1-20(2)16-28(23-8-10-25(11-9-23)31(37)35-19-29(33)36-34)38-27-17-21(3)30(22(4)18-27)24-12-14-26(15-13-24)32(5,6)7/h8-15,17-18,20,28H,16,19,34H2,1-7H3,(H2,33,36)(H,35,37). The van der Waals surface area contributed by atoms with Crippen molar-refractivity contribution in [3.8, 4) is 16.9 Å². The molecule has 6 heteroatoms. The van der Waals surface area contributed by atoms with Crippen LogP contribution in [0.15, 0.2) is 65.8 Å². The van der Waals surface area contributed by atoms with Crippen molar-refractivity contribution in [1.82, 2.24) is 5.32 Å². The van der Waals surface area contributed by atoms with E-state index in [1.165, 1.54) is 27.8 Å². The van der Waals surface area contributed by atoms with E-state index in [1.807, 2.05) is 12.1 Å². The van der Waals surface area contributed by atoms with Crippen molar-refractivity contribution in [2.75, 3.05) is 6.54 Å². The summed E-state index contributed by atoms with van der Waals surface area (Å²) in [6.07, 6.45) is 0.714. The zero-order valence-electron chi connectivity index (χ0n) is 23.8. The number of aryl methyl sites for hydroxylation is 2. The molecule has 0 aromatic heterocycles. The molecule has 0 bridgehead atoms. The van der Waals surface area contributed by atoms with Crippen LogP contribution in [0.2, 0.25) is 0 Å². The van der Waals surface area contributed by atoms with Gasteiger partial charge in [0.25, 0.3) is 5.91 Å². The second-order valence-corrected chi connectivity index (χ2v) is 11.4. The van der Waals surface area contributed by atoms with Gasteiger partial charge < -0.3 is 21.6 Å². The minimum atomic E-state index is -0.234. The summed E-state index contributed by atoms with van der Waals surface area (Å²) in [7, 11) is 0. The molecule has 0 aliphatic rings. The van der Waals surface area contributed by atoms with Gasteiger partial charge in [0.05, 0.1) is 6.54 Å². The van der Waals surface area contributed by atoms with Gasteiger partial charge in [-0.25, -0.2) is 0 Å². The Bertz CT molecular complexity index is 1250. The maximum absolute atomic E-state index is 12.4. The molecule has 3 rings (SSSR count). The van der Waals surface area contributed by atoms with Gasteiger partial charge in [0.15, 0.2) is 0 Å². The lowest BCUT2D eigenvalue weighted by atomic mass is 9.85. The van der Waals surface area contributed by atoms with Gasteiger partial charge in [0.2, 0.25) is 0 Å². The third kappa shape index (κ3) is 7.37. The number of rotatable bonds is 9. The van der Waals surface area contributed by atoms with Crippen LogP contribution in [-0.4, -0.2) is 18.3 Å². The molecule has 0 heterocycles. The summed E-state index contributed by atoms with van der Waals surface area (Å²) in [5.41, 5.74) is 13.4. The smallest absolute Gasteiger partial charge is 0.251 e. The van der Waals surface area contributed by atoms with Crippen LogP contribution in [0.25, 0.3) is 11.1 Å². The number of nitrogens with one attached hydrogen (secondary N) is 1. The average Bonchev–Trinajstić information content (AvgIpc) is 2.86. The molecule has 0 radical (unpaired) electrons. The fourth-order valence-corrected chi connectivity index (χ4v) is 4.60. The highest BCUT2D eigenvalue weighted by atomic mass is 16.5. The molecule has 1 unspecified atom stereocenters. The Balaban J connectivity index is 1.82. The highest BCUT2D eigenvalue weighted by Crippen LogP contribution is 2.35. The SMILES string of the molecule is Cc1cc(OC(CC(C)C)c2ccc(C(=O)NC/C(N)=N/N)cc2)cc(C)c1-c1ccc(C(C)(C)C)cc1. The Kier molecular flexibility index (Phi) is 9.21. The number of hydrazone groups is 1. The van der Waals surface area contributed by atoms with Crippen molar-refractivity contribution < 1.29 is 9.53 Å². The van der Waals surface area contributed by atoms with Crippen LogP contribution >= 0.6 is 0 Å². The fraction of sp³-hybridized carbons (Fsp3) is 0.375. The summed E-state index contributed by atoms with van der Waals surface area (Å²) >= 11 is 0. The van der Waals surface area contributed by atoms with Crippen LogP contribution in [0.3, 0.4) is 0 Å². The molecule has 6 nitrogen and oxygen atoms in total. The van der Waals surface area contributed by atoms with E-state index in [1.54, 1.807) is 12.1 Å². The number of hydrogen-bond donors (Lipinski definition) is 3. The molecule has 3 aromatic rings. The van der Waals surface area contributed by atoms with Crippen LogP contribution < -0.4 is 21.6 Å². The molecular formula is C32H42N4O2. The third-order valence-corrected chi connectivity index (χ3v) is 6.65. The monoisotopic (exact) mass is 514 g/mol. The van der Waals surface area contributed by atoms with Gasteiger partial charge >= 0.3 is 0 Å². The molecule has 3 aromatic carbocycles. The van der Waals surface area contributed by atoms with E-state index in [0.29, 0.717) is 11.5 Å². The summed E-state index contributed by atoms with van der Waals surface area (Å²) in [5, 5.41) is 6.07. The van der Waals surface area contributed by atoms with Crippen LogP contribution in [0.1, 0.15) is 79.8 Å². The summed E-state index contributed by atoms with van der Waals surface area (Å²) < 4.78 is 6.57. The summed E-state index contributed by atoms with van der Waals surface area (Å²) in [6.45, 7) is 15.4. The summed E-state index contributed by atoms with van der Waals surface area (Å²) in [6, 6.07) is 20.6. The van der Waals surface area contributed by atoms with Crippen molar-refractivity contribution in [2.24, 2.45) is 22.6 Å². The maximum Gasteiger partial charge on any atom is 0.251 e. The van der Waals surface area contributed by atoms with Crippen LogP contribution in [0, 0.1) is 19.8 Å². The molecule has 0 aliphatic heterocycles. The molecule has 1 amide bonds. The first-order valence-electron chi connectivity index (χ1n) is 13.2. The van der Waals surface area contributed by atoms with Gasteiger partial charge in [-0.15, -0.1) is 0 Å². The molecule has 0 spiro atoms. The van der Waals surface area contributed by atoms with Crippen molar-refractivity contribution in [3.05, 3.63) is 88.5 Å². The normalized spacial score (nSPS) is 12.9. The Morgan fingerprint density at radius 1 is 0.974 bits per heavy atom. The van der Waals surface area contributed by atoms with Crippen molar-refractivity contribution >= 4 is 11.7 Å². The quantitative estimate of drug-likeness (QED) is 0.133. The minimum Gasteiger partial charge on any atom is -0.486 e. The van der Waals surface area contributed by atoms with Gasteiger partial charge in [-0.1, -0.05) is 71.0 Å². The molecule has 0 fully saturated rings. The minimum absolute atomic E-state index is 0.103. The number of amides is 1. The Labute approximate surface area is 227 Å². The predicted molar refractivity (Wildman–Crippen MR) is 157 cm³/mol. The molecule has 202 valence electrons. The zero-order valence-corrected chi connectivity index (χ0v) is 23.8. The Morgan fingerprint density at radius 2 is 1.55 bits per heavy atom. The van der Waals surface area contributed by atoms with E-state index in [2.05, 4.69) is 95.3 Å². The lowest BCUT2D eigenvalue weighted by Gasteiger charge is -2.23. The highest BCUT2D eigenvalue weighted by Gasteiger charge is 2.19. The number of nitrogens with zero attached hydrogens (tertiary/aromatic N) is 1. The van der Waals surface area contributed by atoms with E-state index in [9.17, 15) is 4.79 Å². The number of carbonyl (C=O) groups is 1. The molecule has 5 N–H and O–H groups in total. The van der Waals surface area contributed by atoms with E-state index < -0.39 is 0 Å². The predicted octanol–water partition coefficient (Wildman–Crippen LogP) is 6.39. The topological polar surface area (TPSA) is 103 Å². The largest absolute Gasteiger partial charge is 0.486 e. The van der Waals surface area contributed by atoms with E-state index in [-0.39, 0.29) is 29.8 Å². The van der Waals surface area contributed by atoms with Crippen LogP contribution in [0.5, 0.6) is 5.75 Å². The van der Waals surface area contributed by atoms with Gasteiger partial charge in [0, 0.05) is 5.56 Å². The molecule has 0 aliphatic carbocycles. The first kappa shape index (κ1) is 28.8. The van der Waals surface area contributed by atoms with Crippen molar-refractivity contribution in [2.45, 2.75) is 66.4 Å². The lowest BCUT2D eigenvalue weighted by Crippen LogP contribution is -2.34. The summed E-state index contributed by atoms with van der Waals surface area (Å²) in [4.78, 5) is 12.4. The number of amidine groups is 1. The average molecular weight is 515 g/mol. The van der Waals surface area contributed by atoms with E-state index in [4.69, 9.17) is 16.3 Å². The molecule has 38 heavy (non-hydrogen) atoms. The van der Waals surface area contributed by atoms with E-state index in [0.717, 1.165) is 17.7 Å². The first-order chi connectivity index (χ1) is 17.9. The number of hydrogen-bond acceptors (Lipinski definition) is 4. The number of benzene rings is 3. The van der Waals surface area contributed by atoms with Crippen LogP contribution in [-0.2, 0) is 5.41 Å². The van der Waals surface area contributed by atoms with Gasteiger partial charge in [-0.05, 0) is 89.2 Å². The first-order valence-corrected chi connectivity index (χ1v) is 13.2. The molecule has 0 saturated carbocycles.